The summed E-state index contributed by atoms with van der Waals surface area (Å²) in [5, 5.41) is 8.73. The van der Waals surface area contributed by atoms with Crippen LogP contribution in [-0.4, -0.2) is 23.9 Å². The van der Waals surface area contributed by atoms with Crippen molar-refractivity contribution in [1.29, 1.82) is 0 Å². The Bertz CT molecular complexity index is 1020. The van der Waals surface area contributed by atoms with Crippen LogP contribution in [0.5, 0.6) is 0 Å². The molecule has 0 bridgehead atoms. The first-order valence-electron chi connectivity index (χ1n) is 8.63. The van der Waals surface area contributed by atoms with Crippen molar-refractivity contribution in [2.24, 2.45) is 5.10 Å². The Labute approximate surface area is 165 Å². The number of nitrogens with zero attached hydrogens (tertiary/aromatic N) is 1. The second-order valence-corrected chi connectivity index (χ2v) is 5.98. The van der Waals surface area contributed by atoms with E-state index in [0.29, 0.717) is 17.2 Å². The van der Waals surface area contributed by atoms with Gasteiger partial charge in [0.25, 0.3) is 0 Å². The fourth-order valence-corrected chi connectivity index (χ4v) is 2.25. The molecule has 148 valence electrons. The molecule has 2 aromatic heterocycles. The van der Waals surface area contributed by atoms with E-state index in [2.05, 4.69) is 21.2 Å². The third kappa shape index (κ3) is 5.67. The van der Waals surface area contributed by atoms with Gasteiger partial charge in [-0.3, -0.25) is 14.4 Å². The molecule has 1 aromatic carbocycles. The molecule has 0 aliphatic rings. The molecule has 3 rings (SSSR count). The number of carbonyl (C=O) groups excluding carboxylic acids is 3. The predicted octanol–water partition coefficient (Wildman–Crippen LogP) is 2.20. The highest BCUT2D eigenvalue weighted by molar-refractivity contribution is 6.39. The van der Waals surface area contributed by atoms with E-state index < -0.39 is 17.7 Å². The van der Waals surface area contributed by atoms with Gasteiger partial charge in [-0.15, -0.1) is 0 Å². The molecule has 0 spiro atoms. The zero-order chi connectivity index (χ0) is 20.6. The number of hydrogen-bond donors (Lipinski definition) is 3. The van der Waals surface area contributed by atoms with Crippen LogP contribution in [0.1, 0.15) is 27.6 Å². The van der Waals surface area contributed by atoms with Gasteiger partial charge < -0.3 is 19.5 Å². The van der Waals surface area contributed by atoms with Crippen molar-refractivity contribution in [3.05, 3.63) is 77.6 Å². The molecule has 3 aromatic rings. The molecular weight excluding hydrogens is 376 g/mol. The van der Waals surface area contributed by atoms with Gasteiger partial charge in [0.1, 0.15) is 11.5 Å². The molecule has 0 aliphatic heterocycles. The van der Waals surface area contributed by atoms with E-state index in [1.807, 2.05) is 19.1 Å². The second kappa shape index (κ2) is 9.18. The highest BCUT2D eigenvalue weighted by Crippen LogP contribution is 2.09. The van der Waals surface area contributed by atoms with Gasteiger partial charge in [-0.1, -0.05) is 17.7 Å². The summed E-state index contributed by atoms with van der Waals surface area (Å²) in [5.74, 6) is -1.15. The van der Waals surface area contributed by atoms with Crippen LogP contribution in [0.4, 0.5) is 5.69 Å². The summed E-state index contributed by atoms with van der Waals surface area (Å²) in [5.41, 5.74) is 3.87. The molecule has 0 saturated carbocycles. The molecule has 3 amide bonds. The first-order valence-corrected chi connectivity index (χ1v) is 8.63. The van der Waals surface area contributed by atoms with Crippen molar-refractivity contribution in [2.45, 2.75) is 13.5 Å². The standard InChI is InChI=1S/C20H18N4O5/c1-13-4-6-14(7-5-13)23-20(27)19(26)21-11-15-8-9-16(29-15)12-22-24-18(25)17-3-2-10-28-17/h2-10,12H,11H2,1H3,(H,21,26)(H,23,27)(H,24,25)/b22-12-. The van der Waals surface area contributed by atoms with Crippen LogP contribution >= 0.6 is 0 Å². The highest BCUT2D eigenvalue weighted by Gasteiger charge is 2.14. The normalized spacial score (nSPS) is 10.7. The van der Waals surface area contributed by atoms with Crippen LogP contribution in [0.15, 0.2) is 68.7 Å². The summed E-state index contributed by atoms with van der Waals surface area (Å²) in [6.07, 6.45) is 2.68. The zero-order valence-corrected chi connectivity index (χ0v) is 15.5. The zero-order valence-electron chi connectivity index (χ0n) is 15.5. The van der Waals surface area contributed by atoms with E-state index in [1.165, 1.54) is 18.5 Å². The van der Waals surface area contributed by atoms with Gasteiger partial charge in [0.2, 0.25) is 0 Å². The lowest BCUT2D eigenvalue weighted by Gasteiger charge is -2.05. The van der Waals surface area contributed by atoms with Gasteiger partial charge in [-0.2, -0.15) is 5.10 Å². The van der Waals surface area contributed by atoms with Gasteiger partial charge in [-0.05, 0) is 43.3 Å². The molecule has 3 N–H and O–H groups in total. The number of hydrazone groups is 1. The fourth-order valence-electron chi connectivity index (χ4n) is 2.25. The third-order valence-corrected chi connectivity index (χ3v) is 3.72. The van der Waals surface area contributed by atoms with Gasteiger partial charge >= 0.3 is 17.7 Å². The third-order valence-electron chi connectivity index (χ3n) is 3.72. The van der Waals surface area contributed by atoms with Crippen molar-refractivity contribution in [1.82, 2.24) is 10.7 Å². The van der Waals surface area contributed by atoms with E-state index >= 15 is 0 Å². The minimum atomic E-state index is -0.789. The average Bonchev–Trinajstić information content (AvgIpc) is 3.40. The number of carbonyl (C=O) groups is 3. The van der Waals surface area contributed by atoms with Crippen LogP contribution in [0.3, 0.4) is 0 Å². The van der Waals surface area contributed by atoms with Crippen molar-refractivity contribution in [2.75, 3.05) is 5.32 Å². The number of hydrogen-bond acceptors (Lipinski definition) is 6. The van der Waals surface area contributed by atoms with Crippen LogP contribution in [0.2, 0.25) is 0 Å². The molecule has 0 atom stereocenters. The van der Waals surface area contributed by atoms with Crippen LogP contribution in [0.25, 0.3) is 0 Å². The Morgan fingerprint density at radius 2 is 1.83 bits per heavy atom. The molecule has 29 heavy (non-hydrogen) atoms. The molecule has 0 radical (unpaired) electrons. The molecule has 0 saturated heterocycles. The maximum Gasteiger partial charge on any atom is 0.313 e. The quantitative estimate of drug-likeness (QED) is 0.336. The van der Waals surface area contributed by atoms with E-state index in [-0.39, 0.29) is 12.3 Å². The Morgan fingerprint density at radius 3 is 2.55 bits per heavy atom. The lowest BCUT2D eigenvalue weighted by molar-refractivity contribution is -0.136. The molecular formula is C20H18N4O5. The Morgan fingerprint density at radius 1 is 1.03 bits per heavy atom. The topological polar surface area (TPSA) is 126 Å². The van der Waals surface area contributed by atoms with Crippen LogP contribution < -0.4 is 16.1 Å². The number of rotatable bonds is 6. The summed E-state index contributed by atoms with van der Waals surface area (Å²) >= 11 is 0. The number of anilines is 1. The number of benzene rings is 1. The first-order chi connectivity index (χ1) is 14.0. The minimum Gasteiger partial charge on any atom is -0.459 e. The predicted molar refractivity (Wildman–Crippen MR) is 104 cm³/mol. The number of furan rings is 2. The van der Waals surface area contributed by atoms with Gasteiger partial charge in [0, 0.05) is 5.69 Å². The molecule has 9 heteroatoms. The Balaban J connectivity index is 1.45. The molecule has 0 aliphatic carbocycles. The fraction of sp³-hybridized carbons (Fsp3) is 0.100. The summed E-state index contributed by atoms with van der Waals surface area (Å²) in [7, 11) is 0. The van der Waals surface area contributed by atoms with Crippen molar-refractivity contribution < 1.29 is 23.2 Å². The first kappa shape index (κ1) is 19.6. The van der Waals surface area contributed by atoms with E-state index in [9.17, 15) is 14.4 Å². The lowest BCUT2D eigenvalue weighted by atomic mass is 10.2. The summed E-state index contributed by atoms with van der Waals surface area (Å²) in [6.45, 7) is 1.94. The van der Waals surface area contributed by atoms with Crippen molar-refractivity contribution >= 4 is 29.6 Å². The van der Waals surface area contributed by atoms with E-state index in [1.54, 1.807) is 30.3 Å². The van der Waals surface area contributed by atoms with Gasteiger partial charge in [0.15, 0.2) is 5.76 Å². The minimum absolute atomic E-state index is 0.0206. The van der Waals surface area contributed by atoms with Crippen molar-refractivity contribution in [3.8, 4) is 0 Å². The second-order valence-electron chi connectivity index (χ2n) is 5.98. The average molecular weight is 394 g/mol. The molecule has 0 unspecified atom stereocenters. The van der Waals surface area contributed by atoms with E-state index in [0.717, 1.165) is 5.56 Å². The summed E-state index contributed by atoms with van der Waals surface area (Å²) in [4.78, 5) is 35.5. The van der Waals surface area contributed by atoms with E-state index in [4.69, 9.17) is 8.83 Å². The summed E-state index contributed by atoms with van der Waals surface area (Å²) < 4.78 is 10.4. The highest BCUT2D eigenvalue weighted by atomic mass is 16.3. The van der Waals surface area contributed by atoms with Gasteiger partial charge in [0.05, 0.1) is 19.0 Å². The molecule has 0 fully saturated rings. The lowest BCUT2D eigenvalue weighted by Crippen LogP contribution is -2.34. The number of amides is 3. The van der Waals surface area contributed by atoms with Crippen LogP contribution in [-0.2, 0) is 16.1 Å². The van der Waals surface area contributed by atoms with Crippen LogP contribution in [0, 0.1) is 6.92 Å². The maximum absolute atomic E-state index is 11.9. The maximum atomic E-state index is 11.9. The largest absolute Gasteiger partial charge is 0.459 e. The molecule has 9 nitrogen and oxygen atoms in total. The van der Waals surface area contributed by atoms with Gasteiger partial charge in [-0.25, -0.2) is 5.43 Å². The molecule has 2 heterocycles. The SMILES string of the molecule is Cc1ccc(NC(=O)C(=O)NCc2ccc(/C=N\NC(=O)c3ccco3)o2)cc1. The van der Waals surface area contributed by atoms with Crippen molar-refractivity contribution in [3.63, 3.8) is 0 Å². The summed E-state index contributed by atoms with van der Waals surface area (Å²) in [6, 6.07) is 13.4. The number of nitrogens with one attached hydrogen (secondary N) is 3. The Kier molecular flexibility index (Phi) is 6.21. The monoisotopic (exact) mass is 394 g/mol. The Hall–Kier alpha value is -4.14. The smallest absolute Gasteiger partial charge is 0.313 e. The number of aryl methyl sites for hydroxylation is 1.